The maximum atomic E-state index is 13.5. The molecule has 0 heterocycles. The zero-order chi connectivity index (χ0) is 13.1. The van der Waals surface area contributed by atoms with E-state index in [4.69, 9.17) is 9.47 Å². The summed E-state index contributed by atoms with van der Waals surface area (Å²) >= 11 is 0. The number of rotatable bonds is 5. The summed E-state index contributed by atoms with van der Waals surface area (Å²) < 4.78 is 36.9. The van der Waals surface area contributed by atoms with Crippen molar-refractivity contribution >= 4 is 0 Å². The number of halogens is 2. The van der Waals surface area contributed by atoms with Crippen molar-refractivity contribution in [1.82, 2.24) is 0 Å². The number of hydrogen-bond donors (Lipinski definition) is 1. The van der Waals surface area contributed by atoms with Crippen LogP contribution in [0.3, 0.4) is 0 Å². The maximum absolute atomic E-state index is 13.5. The Hall–Kier alpha value is -1.04. The van der Waals surface area contributed by atoms with E-state index in [1.165, 1.54) is 27.2 Å². The van der Waals surface area contributed by atoms with E-state index in [2.05, 4.69) is 0 Å². The van der Waals surface area contributed by atoms with Crippen LogP contribution in [0.25, 0.3) is 0 Å². The van der Waals surface area contributed by atoms with Crippen molar-refractivity contribution < 1.29 is 23.4 Å². The van der Waals surface area contributed by atoms with E-state index in [0.29, 0.717) is 0 Å². The predicted molar refractivity (Wildman–Crippen MR) is 58.4 cm³/mol. The van der Waals surface area contributed by atoms with Gasteiger partial charge in [-0.05, 0) is 19.1 Å². The van der Waals surface area contributed by atoms with Crippen LogP contribution >= 0.6 is 0 Å². The van der Waals surface area contributed by atoms with Gasteiger partial charge in [0.1, 0.15) is 11.6 Å². The van der Waals surface area contributed by atoms with Gasteiger partial charge in [-0.2, -0.15) is 0 Å². The monoisotopic (exact) mass is 246 g/mol. The standard InChI is InChI=1S/C12H16F2O3/c1-12(15,7-10(16-2)17-3)11-8(13)5-4-6-9(11)14/h4-6,10,15H,7H2,1-3H3. The molecule has 0 saturated heterocycles. The molecule has 0 aliphatic rings. The highest BCUT2D eigenvalue weighted by molar-refractivity contribution is 5.25. The fourth-order valence-corrected chi connectivity index (χ4v) is 1.70. The average molecular weight is 246 g/mol. The van der Waals surface area contributed by atoms with Gasteiger partial charge in [-0.1, -0.05) is 6.07 Å². The van der Waals surface area contributed by atoms with Gasteiger partial charge in [0.05, 0.1) is 11.2 Å². The van der Waals surface area contributed by atoms with E-state index >= 15 is 0 Å². The summed E-state index contributed by atoms with van der Waals surface area (Å²) in [6.07, 6.45) is -0.804. The summed E-state index contributed by atoms with van der Waals surface area (Å²) in [6, 6.07) is 3.44. The van der Waals surface area contributed by atoms with Crippen molar-refractivity contribution in [2.45, 2.75) is 25.2 Å². The van der Waals surface area contributed by atoms with Crippen molar-refractivity contribution in [2.75, 3.05) is 14.2 Å². The van der Waals surface area contributed by atoms with Crippen LogP contribution in [-0.2, 0) is 15.1 Å². The first kappa shape index (κ1) is 14.0. The maximum Gasteiger partial charge on any atom is 0.159 e. The summed E-state index contributed by atoms with van der Waals surface area (Å²) in [5, 5.41) is 10.1. The topological polar surface area (TPSA) is 38.7 Å². The molecule has 0 aromatic heterocycles. The fourth-order valence-electron chi connectivity index (χ4n) is 1.70. The first-order valence-electron chi connectivity index (χ1n) is 5.15. The highest BCUT2D eigenvalue weighted by Crippen LogP contribution is 2.31. The molecule has 1 aromatic rings. The summed E-state index contributed by atoms with van der Waals surface area (Å²) in [4.78, 5) is 0. The highest BCUT2D eigenvalue weighted by atomic mass is 19.1. The number of ether oxygens (including phenoxy) is 2. The fraction of sp³-hybridized carbons (Fsp3) is 0.500. The second-order valence-corrected chi connectivity index (χ2v) is 3.98. The molecule has 1 N–H and O–H groups in total. The molecule has 5 heteroatoms. The van der Waals surface area contributed by atoms with Crippen LogP contribution in [0.5, 0.6) is 0 Å². The van der Waals surface area contributed by atoms with Crippen molar-refractivity contribution in [2.24, 2.45) is 0 Å². The molecule has 17 heavy (non-hydrogen) atoms. The van der Waals surface area contributed by atoms with Crippen LogP contribution in [0.4, 0.5) is 8.78 Å². The third-order valence-corrected chi connectivity index (χ3v) is 2.59. The Bertz CT molecular complexity index is 356. The molecule has 0 bridgehead atoms. The van der Waals surface area contributed by atoms with Crippen LogP contribution < -0.4 is 0 Å². The molecule has 96 valence electrons. The molecule has 0 fully saturated rings. The van der Waals surface area contributed by atoms with E-state index in [-0.39, 0.29) is 12.0 Å². The van der Waals surface area contributed by atoms with Crippen LogP contribution in [0.15, 0.2) is 18.2 Å². The minimum atomic E-state index is -1.70. The Morgan fingerprint density at radius 1 is 1.24 bits per heavy atom. The van der Waals surface area contributed by atoms with Gasteiger partial charge in [-0.3, -0.25) is 0 Å². The molecule has 0 spiro atoms. The smallest absolute Gasteiger partial charge is 0.159 e. The molecular formula is C12H16F2O3. The lowest BCUT2D eigenvalue weighted by Gasteiger charge is -2.28. The van der Waals surface area contributed by atoms with E-state index in [1.54, 1.807) is 0 Å². The minimum Gasteiger partial charge on any atom is -0.385 e. The highest BCUT2D eigenvalue weighted by Gasteiger charge is 2.33. The van der Waals surface area contributed by atoms with Gasteiger partial charge < -0.3 is 14.6 Å². The van der Waals surface area contributed by atoms with E-state index in [1.807, 2.05) is 0 Å². The van der Waals surface area contributed by atoms with Crippen LogP contribution in [0.2, 0.25) is 0 Å². The van der Waals surface area contributed by atoms with Gasteiger partial charge in [-0.15, -0.1) is 0 Å². The largest absolute Gasteiger partial charge is 0.385 e. The van der Waals surface area contributed by atoms with Crippen molar-refractivity contribution in [3.05, 3.63) is 35.4 Å². The van der Waals surface area contributed by atoms with Gasteiger partial charge in [0.25, 0.3) is 0 Å². The van der Waals surface area contributed by atoms with Crippen molar-refractivity contribution in [1.29, 1.82) is 0 Å². The Labute approximate surface area is 99.0 Å². The summed E-state index contributed by atoms with van der Waals surface area (Å²) in [5.74, 6) is -1.58. The molecule has 1 unspecified atom stereocenters. The summed E-state index contributed by atoms with van der Waals surface area (Å²) in [6.45, 7) is 1.32. The molecule has 0 radical (unpaired) electrons. The Morgan fingerprint density at radius 3 is 2.12 bits per heavy atom. The zero-order valence-electron chi connectivity index (χ0n) is 10.0. The molecule has 3 nitrogen and oxygen atoms in total. The van der Waals surface area contributed by atoms with Crippen molar-refractivity contribution in [3.63, 3.8) is 0 Å². The number of aliphatic hydroxyl groups is 1. The molecule has 1 atom stereocenters. The third-order valence-electron chi connectivity index (χ3n) is 2.59. The number of benzene rings is 1. The lowest BCUT2D eigenvalue weighted by Crippen LogP contribution is -2.31. The SMILES string of the molecule is COC(CC(C)(O)c1c(F)cccc1F)OC. The molecule has 0 aliphatic carbocycles. The van der Waals surface area contributed by atoms with Gasteiger partial charge in [-0.25, -0.2) is 8.78 Å². The second kappa shape index (κ2) is 5.53. The lowest BCUT2D eigenvalue weighted by atomic mass is 9.91. The Kier molecular flexibility index (Phi) is 4.56. The van der Waals surface area contributed by atoms with Crippen LogP contribution in [0, 0.1) is 11.6 Å². The van der Waals surface area contributed by atoms with E-state index in [9.17, 15) is 13.9 Å². The van der Waals surface area contributed by atoms with Gasteiger partial charge >= 0.3 is 0 Å². The summed E-state index contributed by atoms with van der Waals surface area (Å²) in [5.41, 5.74) is -2.08. The molecule has 0 aliphatic heterocycles. The van der Waals surface area contributed by atoms with Gasteiger partial charge in [0.2, 0.25) is 0 Å². The third kappa shape index (κ3) is 3.21. The first-order valence-corrected chi connectivity index (χ1v) is 5.15. The van der Waals surface area contributed by atoms with Gasteiger partial charge in [0.15, 0.2) is 6.29 Å². The second-order valence-electron chi connectivity index (χ2n) is 3.98. The minimum absolute atomic E-state index is 0.0716. The average Bonchev–Trinajstić information content (AvgIpc) is 2.25. The van der Waals surface area contributed by atoms with Gasteiger partial charge in [0, 0.05) is 20.6 Å². The Balaban J connectivity index is 3.04. The summed E-state index contributed by atoms with van der Waals surface area (Å²) in [7, 11) is 2.78. The molecule has 1 rings (SSSR count). The quantitative estimate of drug-likeness (QED) is 0.809. The van der Waals surface area contributed by atoms with Crippen LogP contribution in [0.1, 0.15) is 18.9 Å². The first-order chi connectivity index (χ1) is 7.92. The normalized spacial score (nSPS) is 15.0. The number of methoxy groups -OCH3 is 2. The molecule has 0 saturated carbocycles. The van der Waals surface area contributed by atoms with E-state index in [0.717, 1.165) is 12.1 Å². The molecule has 0 amide bonds. The lowest BCUT2D eigenvalue weighted by molar-refractivity contribution is -0.143. The number of hydrogen-bond acceptors (Lipinski definition) is 3. The Morgan fingerprint density at radius 2 is 1.71 bits per heavy atom. The molecule has 1 aromatic carbocycles. The predicted octanol–water partition coefficient (Wildman–Crippen LogP) is 2.18. The van der Waals surface area contributed by atoms with Crippen LogP contribution in [-0.4, -0.2) is 25.6 Å². The van der Waals surface area contributed by atoms with Crippen molar-refractivity contribution in [3.8, 4) is 0 Å². The molecular weight excluding hydrogens is 230 g/mol. The van der Waals surface area contributed by atoms with E-state index < -0.39 is 23.5 Å². The zero-order valence-corrected chi connectivity index (χ0v) is 10.0.